The molecule has 1 aromatic heterocycles. The molecule has 164 valence electrons. The highest BCUT2D eigenvalue weighted by Crippen LogP contribution is 2.25. The van der Waals surface area contributed by atoms with Crippen LogP contribution in [0, 0.1) is 0 Å². The van der Waals surface area contributed by atoms with Gasteiger partial charge in [0, 0.05) is 12.6 Å². The number of benzene rings is 1. The Balaban J connectivity index is 1.50. The largest absolute Gasteiger partial charge is 0.347 e. The van der Waals surface area contributed by atoms with E-state index in [9.17, 15) is 14.4 Å². The maximum atomic E-state index is 13.1. The molecule has 2 aliphatic rings. The Morgan fingerprint density at radius 2 is 1.97 bits per heavy atom. The summed E-state index contributed by atoms with van der Waals surface area (Å²) in [6.07, 6.45) is 5.08. The van der Waals surface area contributed by atoms with Crippen LogP contribution in [0.4, 0.5) is 0 Å². The standard InChI is InChI=1S/C23H29N5O3/c1-3-8-18-23(31)27-14-15(12-20(27)22(30)26-18)25-21(29)17-13-24-28(19(17)9-4-2)16-10-6-5-7-11-16/h5-7,10-11,13,15,18,20H,3-4,8-9,12,14H2,1-2H3,(H,25,29)(H,26,30)/t15-,18-,20-/m0/s1. The van der Waals surface area contributed by atoms with Crippen molar-refractivity contribution < 1.29 is 14.4 Å². The SMILES string of the molecule is CCCc1c(C(=O)N[C@H]2C[C@H]3C(=O)N[C@@H](CCC)C(=O)N3C2)cnn1-c1ccccc1. The molecule has 2 N–H and O–H groups in total. The molecule has 8 heteroatoms. The minimum absolute atomic E-state index is 0.0493. The van der Waals surface area contributed by atoms with E-state index in [2.05, 4.69) is 22.7 Å². The first-order valence-electron chi connectivity index (χ1n) is 11.1. The van der Waals surface area contributed by atoms with Crippen LogP contribution in [0.1, 0.15) is 55.6 Å². The Kier molecular flexibility index (Phi) is 6.06. The van der Waals surface area contributed by atoms with Gasteiger partial charge in [-0.15, -0.1) is 0 Å². The van der Waals surface area contributed by atoms with Crippen LogP contribution >= 0.6 is 0 Å². The fraction of sp³-hybridized carbons (Fsp3) is 0.478. The zero-order valence-electron chi connectivity index (χ0n) is 18.0. The summed E-state index contributed by atoms with van der Waals surface area (Å²) in [5.74, 6) is -0.390. The highest BCUT2D eigenvalue weighted by atomic mass is 16.2. The molecule has 1 aromatic carbocycles. The zero-order chi connectivity index (χ0) is 22.0. The Morgan fingerprint density at radius 1 is 1.19 bits per heavy atom. The third kappa shape index (κ3) is 4.06. The van der Waals surface area contributed by atoms with E-state index in [1.165, 1.54) is 0 Å². The van der Waals surface area contributed by atoms with Crippen LogP contribution < -0.4 is 10.6 Å². The van der Waals surface area contributed by atoms with Crippen molar-refractivity contribution in [3.05, 3.63) is 47.8 Å². The van der Waals surface area contributed by atoms with E-state index in [0.29, 0.717) is 24.9 Å². The number of rotatable bonds is 7. The molecule has 3 atom stereocenters. The van der Waals surface area contributed by atoms with Crippen LogP contribution in [0.15, 0.2) is 36.5 Å². The Bertz CT molecular complexity index is 971. The van der Waals surface area contributed by atoms with E-state index in [0.717, 1.165) is 30.6 Å². The molecule has 4 rings (SSSR count). The molecule has 0 unspecified atom stereocenters. The maximum absolute atomic E-state index is 13.1. The summed E-state index contributed by atoms with van der Waals surface area (Å²) in [7, 11) is 0. The molecule has 0 aliphatic carbocycles. The highest BCUT2D eigenvalue weighted by molar-refractivity contribution is 5.98. The van der Waals surface area contributed by atoms with Crippen LogP contribution in [0.2, 0.25) is 0 Å². The number of hydrogen-bond acceptors (Lipinski definition) is 4. The normalized spacial score (nSPS) is 22.9. The van der Waals surface area contributed by atoms with Gasteiger partial charge in [-0.25, -0.2) is 4.68 Å². The number of amides is 3. The molecule has 0 spiro atoms. The van der Waals surface area contributed by atoms with Crippen molar-refractivity contribution in [2.75, 3.05) is 6.54 Å². The summed E-state index contributed by atoms with van der Waals surface area (Å²) in [5, 5.41) is 10.3. The maximum Gasteiger partial charge on any atom is 0.255 e. The molecule has 0 bridgehead atoms. The number of para-hydroxylation sites is 1. The van der Waals surface area contributed by atoms with Crippen LogP contribution in [0.3, 0.4) is 0 Å². The average Bonchev–Trinajstić information content (AvgIpc) is 3.38. The Morgan fingerprint density at radius 3 is 2.68 bits per heavy atom. The van der Waals surface area contributed by atoms with Gasteiger partial charge in [0.25, 0.3) is 5.91 Å². The number of carbonyl (C=O) groups excluding carboxylic acids is 3. The zero-order valence-corrected chi connectivity index (χ0v) is 18.0. The monoisotopic (exact) mass is 423 g/mol. The fourth-order valence-electron chi connectivity index (χ4n) is 4.54. The summed E-state index contributed by atoms with van der Waals surface area (Å²) in [6.45, 7) is 4.41. The van der Waals surface area contributed by atoms with Gasteiger partial charge in [-0.2, -0.15) is 5.10 Å². The van der Waals surface area contributed by atoms with Crippen LogP contribution in [-0.4, -0.2) is 57.1 Å². The lowest BCUT2D eigenvalue weighted by atomic mass is 10.0. The fourth-order valence-corrected chi connectivity index (χ4v) is 4.54. The topological polar surface area (TPSA) is 96.3 Å². The number of hydrogen-bond donors (Lipinski definition) is 2. The van der Waals surface area contributed by atoms with Crippen LogP contribution in [0.5, 0.6) is 0 Å². The van der Waals surface area contributed by atoms with E-state index in [1.54, 1.807) is 11.1 Å². The lowest BCUT2D eigenvalue weighted by Crippen LogP contribution is -2.61. The lowest BCUT2D eigenvalue weighted by Gasteiger charge is -2.34. The molecule has 3 amide bonds. The summed E-state index contributed by atoms with van der Waals surface area (Å²) in [5.41, 5.74) is 2.31. The van der Waals surface area contributed by atoms with Crippen molar-refractivity contribution in [3.8, 4) is 5.69 Å². The van der Waals surface area contributed by atoms with E-state index >= 15 is 0 Å². The predicted molar refractivity (Wildman–Crippen MR) is 116 cm³/mol. The Labute approximate surface area is 182 Å². The molecule has 2 fully saturated rings. The molecule has 8 nitrogen and oxygen atoms in total. The third-order valence-electron chi connectivity index (χ3n) is 6.02. The van der Waals surface area contributed by atoms with Gasteiger partial charge in [0.2, 0.25) is 11.8 Å². The average molecular weight is 424 g/mol. The first kappa shape index (κ1) is 21.1. The summed E-state index contributed by atoms with van der Waals surface area (Å²) in [4.78, 5) is 39.9. The third-order valence-corrected chi connectivity index (χ3v) is 6.02. The lowest BCUT2D eigenvalue weighted by molar-refractivity contribution is -0.147. The molecule has 2 aromatic rings. The summed E-state index contributed by atoms with van der Waals surface area (Å²) < 4.78 is 1.81. The van der Waals surface area contributed by atoms with E-state index in [4.69, 9.17) is 0 Å². The first-order chi connectivity index (χ1) is 15.0. The first-order valence-corrected chi connectivity index (χ1v) is 11.1. The molecule has 3 heterocycles. The Hall–Kier alpha value is -3.16. The number of nitrogens with zero attached hydrogens (tertiary/aromatic N) is 3. The number of fused-ring (bicyclic) bond motifs is 1. The number of aromatic nitrogens is 2. The molecular weight excluding hydrogens is 394 g/mol. The number of carbonyl (C=O) groups is 3. The van der Waals surface area contributed by atoms with Gasteiger partial charge >= 0.3 is 0 Å². The van der Waals surface area contributed by atoms with Gasteiger partial charge in [0.05, 0.1) is 23.1 Å². The van der Waals surface area contributed by atoms with Gasteiger partial charge in [-0.05, 0) is 31.4 Å². The minimum atomic E-state index is -0.506. The molecule has 2 aliphatic heterocycles. The number of nitrogens with one attached hydrogen (secondary N) is 2. The second-order valence-electron chi connectivity index (χ2n) is 8.26. The van der Waals surface area contributed by atoms with Gasteiger partial charge < -0.3 is 15.5 Å². The summed E-state index contributed by atoms with van der Waals surface area (Å²) >= 11 is 0. The van der Waals surface area contributed by atoms with Crippen molar-refractivity contribution in [2.24, 2.45) is 0 Å². The van der Waals surface area contributed by atoms with Crippen LogP contribution in [-0.2, 0) is 16.0 Å². The molecule has 0 saturated carbocycles. The van der Waals surface area contributed by atoms with Crippen molar-refractivity contribution in [2.45, 2.75) is 64.1 Å². The summed E-state index contributed by atoms with van der Waals surface area (Å²) in [6, 6.07) is 8.51. The second kappa shape index (κ2) is 8.91. The molecule has 2 saturated heterocycles. The predicted octanol–water partition coefficient (Wildman–Crippen LogP) is 1.82. The van der Waals surface area contributed by atoms with E-state index in [-0.39, 0.29) is 23.8 Å². The van der Waals surface area contributed by atoms with E-state index < -0.39 is 12.1 Å². The highest BCUT2D eigenvalue weighted by Gasteiger charge is 2.46. The van der Waals surface area contributed by atoms with Crippen molar-refractivity contribution in [1.82, 2.24) is 25.3 Å². The van der Waals surface area contributed by atoms with Gasteiger partial charge in [-0.3, -0.25) is 14.4 Å². The van der Waals surface area contributed by atoms with Gasteiger partial charge in [0.1, 0.15) is 12.1 Å². The van der Waals surface area contributed by atoms with Crippen molar-refractivity contribution >= 4 is 17.7 Å². The number of piperazine rings is 1. The molecule has 31 heavy (non-hydrogen) atoms. The van der Waals surface area contributed by atoms with Gasteiger partial charge in [0.15, 0.2) is 0 Å². The van der Waals surface area contributed by atoms with E-state index in [1.807, 2.05) is 41.9 Å². The second-order valence-corrected chi connectivity index (χ2v) is 8.26. The smallest absolute Gasteiger partial charge is 0.255 e. The van der Waals surface area contributed by atoms with Gasteiger partial charge in [-0.1, -0.05) is 44.9 Å². The molecule has 0 radical (unpaired) electrons. The molecular formula is C23H29N5O3. The minimum Gasteiger partial charge on any atom is -0.347 e. The van der Waals surface area contributed by atoms with Crippen molar-refractivity contribution in [1.29, 1.82) is 0 Å². The van der Waals surface area contributed by atoms with Crippen LogP contribution in [0.25, 0.3) is 5.69 Å². The quantitative estimate of drug-likeness (QED) is 0.710. The van der Waals surface area contributed by atoms with Crippen molar-refractivity contribution in [3.63, 3.8) is 0 Å².